The molecule has 2 rings (SSSR count). The summed E-state index contributed by atoms with van der Waals surface area (Å²) in [5.74, 6) is 2.43. The summed E-state index contributed by atoms with van der Waals surface area (Å²) in [6.45, 7) is 0. The molecule has 2 aromatic rings. The van der Waals surface area contributed by atoms with Crippen molar-refractivity contribution in [3.8, 4) is 5.92 Å². The summed E-state index contributed by atoms with van der Waals surface area (Å²) < 4.78 is 0. The van der Waals surface area contributed by atoms with Crippen LogP contribution < -0.4 is 0 Å². The molecule has 0 nitrogen and oxygen atoms in total. The lowest BCUT2D eigenvalue weighted by Crippen LogP contribution is -1.83. The van der Waals surface area contributed by atoms with Crippen LogP contribution in [0, 0.1) is 12.3 Å². The quantitative estimate of drug-likeness (QED) is 0.570. The lowest BCUT2D eigenvalue weighted by atomic mass is 10.0. The molecule has 0 aliphatic rings. The Kier molecular flexibility index (Phi) is 2.02. The van der Waals surface area contributed by atoms with Gasteiger partial charge in [-0.1, -0.05) is 48.4 Å². The average Bonchev–Trinajstić information content (AvgIpc) is 2.19. The van der Waals surface area contributed by atoms with E-state index in [1.807, 2.05) is 24.3 Å². The monoisotopic (exact) mass is 165 g/mol. The zero-order chi connectivity index (χ0) is 9.10. The van der Waals surface area contributed by atoms with Crippen LogP contribution in [0.3, 0.4) is 0 Å². The fourth-order valence-corrected chi connectivity index (χ4v) is 1.54. The van der Waals surface area contributed by atoms with Crippen LogP contribution in [0.4, 0.5) is 0 Å². The van der Waals surface area contributed by atoms with E-state index in [1.165, 1.54) is 16.3 Å². The van der Waals surface area contributed by atoms with Gasteiger partial charge in [0.2, 0.25) is 0 Å². The van der Waals surface area contributed by atoms with E-state index in [-0.39, 0.29) is 0 Å². The second-order valence-corrected chi connectivity index (χ2v) is 2.99. The Labute approximate surface area is 78.2 Å². The van der Waals surface area contributed by atoms with Crippen LogP contribution in [-0.4, -0.2) is 0 Å². The first-order valence-corrected chi connectivity index (χ1v) is 4.28. The minimum absolute atomic E-state index is 0.599. The Morgan fingerprint density at radius 1 is 1.00 bits per heavy atom. The topological polar surface area (TPSA) is 0 Å². The summed E-state index contributed by atoms with van der Waals surface area (Å²) in [6, 6.07) is 14.4. The summed E-state index contributed by atoms with van der Waals surface area (Å²) in [4.78, 5) is 0. The van der Waals surface area contributed by atoms with Gasteiger partial charge in [0.05, 0.1) is 0 Å². The number of hydrogen-bond acceptors (Lipinski definition) is 0. The first-order chi connectivity index (χ1) is 6.42. The molecule has 61 valence electrons. The highest BCUT2D eigenvalue weighted by Crippen LogP contribution is 2.18. The molecule has 0 saturated heterocycles. The molecule has 0 aromatic heterocycles. The van der Waals surface area contributed by atoms with E-state index in [1.54, 1.807) is 0 Å². The molecule has 0 bridgehead atoms. The molecule has 0 unspecified atom stereocenters. The average molecular weight is 165 g/mol. The fourth-order valence-electron chi connectivity index (χ4n) is 1.54. The third-order valence-corrected chi connectivity index (χ3v) is 2.16. The normalized spacial score (nSPS) is 9.77. The Morgan fingerprint density at radius 2 is 1.77 bits per heavy atom. The van der Waals surface area contributed by atoms with E-state index in [4.69, 9.17) is 6.42 Å². The maximum absolute atomic E-state index is 6.97. The van der Waals surface area contributed by atoms with Gasteiger partial charge in [-0.25, -0.2) is 0 Å². The van der Waals surface area contributed by atoms with Crippen molar-refractivity contribution in [2.45, 2.75) is 6.42 Å². The second kappa shape index (κ2) is 3.33. The number of benzene rings is 2. The van der Waals surface area contributed by atoms with E-state index in [0.717, 1.165) is 0 Å². The molecule has 0 aliphatic heterocycles. The van der Waals surface area contributed by atoms with Gasteiger partial charge in [0.1, 0.15) is 0 Å². The predicted molar refractivity (Wildman–Crippen MR) is 54.8 cm³/mol. The first kappa shape index (κ1) is 7.89. The summed E-state index contributed by atoms with van der Waals surface area (Å²) in [5, 5.41) is 2.46. The van der Waals surface area contributed by atoms with E-state index in [0.29, 0.717) is 6.42 Å². The van der Waals surface area contributed by atoms with Gasteiger partial charge in [-0.2, -0.15) is 0 Å². The van der Waals surface area contributed by atoms with Crippen LogP contribution >= 0.6 is 0 Å². The maximum Gasteiger partial charge on any atom is 0.0356 e. The summed E-state index contributed by atoms with van der Waals surface area (Å²) >= 11 is 0. The Bertz CT molecular complexity index is 455. The lowest BCUT2D eigenvalue weighted by Gasteiger charge is -2.01. The van der Waals surface area contributed by atoms with Crippen molar-refractivity contribution in [2.75, 3.05) is 0 Å². The number of hydrogen-bond donors (Lipinski definition) is 0. The predicted octanol–water partition coefficient (Wildman–Crippen LogP) is 2.97. The van der Waals surface area contributed by atoms with Crippen LogP contribution in [0.5, 0.6) is 0 Å². The van der Waals surface area contributed by atoms with Gasteiger partial charge in [0, 0.05) is 6.42 Å². The van der Waals surface area contributed by atoms with Crippen LogP contribution in [0.15, 0.2) is 42.5 Å². The van der Waals surface area contributed by atoms with Gasteiger partial charge in [0.15, 0.2) is 0 Å². The zero-order valence-corrected chi connectivity index (χ0v) is 7.25. The Morgan fingerprint density at radius 3 is 2.62 bits per heavy atom. The zero-order valence-electron chi connectivity index (χ0n) is 7.25. The van der Waals surface area contributed by atoms with E-state index in [2.05, 4.69) is 24.1 Å². The van der Waals surface area contributed by atoms with Gasteiger partial charge in [-0.3, -0.25) is 0 Å². The van der Waals surface area contributed by atoms with E-state index in [9.17, 15) is 0 Å². The molecule has 0 aliphatic carbocycles. The summed E-state index contributed by atoms with van der Waals surface area (Å²) in [6.07, 6.45) is 7.56. The van der Waals surface area contributed by atoms with Crippen molar-refractivity contribution >= 4 is 10.8 Å². The van der Waals surface area contributed by atoms with Gasteiger partial charge in [-0.15, -0.1) is 0 Å². The van der Waals surface area contributed by atoms with Crippen molar-refractivity contribution < 1.29 is 0 Å². The molecule has 0 heteroatoms. The van der Waals surface area contributed by atoms with Gasteiger partial charge < -0.3 is 0 Å². The van der Waals surface area contributed by atoms with Crippen LogP contribution in [-0.2, 0) is 6.42 Å². The largest absolute Gasteiger partial charge is 0.0843 e. The molecule has 0 fully saturated rings. The third kappa shape index (κ3) is 1.41. The molecule has 13 heavy (non-hydrogen) atoms. The van der Waals surface area contributed by atoms with Crippen LogP contribution in [0.1, 0.15) is 5.56 Å². The van der Waals surface area contributed by atoms with Crippen LogP contribution in [0.25, 0.3) is 10.8 Å². The molecule has 0 heterocycles. The molecule has 0 saturated carbocycles. The SMILES string of the molecule is [C]#CCc1cccc2ccccc12. The van der Waals surface area contributed by atoms with Crippen molar-refractivity contribution in [3.63, 3.8) is 0 Å². The molecular formula is C13H9. The van der Waals surface area contributed by atoms with Crippen molar-refractivity contribution in [3.05, 3.63) is 54.5 Å². The van der Waals surface area contributed by atoms with Gasteiger partial charge >= 0.3 is 0 Å². The van der Waals surface area contributed by atoms with Gasteiger partial charge in [-0.05, 0) is 22.8 Å². The molecule has 1 radical (unpaired) electrons. The fraction of sp³-hybridized carbons (Fsp3) is 0.0769. The molecule has 0 N–H and O–H groups in total. The summed E-state index contributed by atoms with van der Waals surface area (Å²) in [7, 11) is 0. The molecule has 0 spiro atoms. The Hall–Kier alpha value is -1.74. The molecule has 2 aromatic carbocycles. The highest BCUT2D eigenvalue weighted by atomic mass is 14.0. The molecular weight excluding hydrogens is 156 g/mol. The van der Waals surface area contributed by atoms with E-state index >= 15 is 0 Å². The van der Waals surface area contributed by atoms with E-state index < -0.39 is 0 Å². The highest BCUT2D eigenvalue weighted by Gasteiger charge is 1.96. The standard InChI is InChI=1S/C13H9/c1-2-6-11-8-5-9-12-7-3-4-10-13(11)12/h3-5,7-10H,6H2. The van der Waals surface area contributed by atoms with Crippen LogP contribution in [0.2, 0.25) is 0 Å². The van der Waals surface area contributed by atoms with Crippen molar-refractivity contribution in [1.29, 1.82) is 0 Å². The molecule has 0 amide bonds. The second-order valence-electron chi connectivity index (χ2n) is 2.99. The van der Waals surface area contributed by atoms with Gasteiger partial charge in [0.25, 0.3) is 0 Å². The highest BCUT2D eigenvalue weighted by molar-refractivity contribution is 5.85. The molecule has 0 atom stereocenters. The van der Waals surface area contributed by atoms with Crippen molar-refractivity contribution in [1.82, 2.24) is 0 Å². The minimum atomic E-state index is 0.599. The number of rotatable bonds is 1. The minimum Gasteiger partial charge on any atom is -0.0843 e. The third-order valence-electron chi connectivity index (χ3n) is 2.16. The number of fused-ring (bicyclic) bond motifs is 1. The Balaban J connectivity index is 2.70. The first-order valence-electron chi connectivity index (χ1n) is 4.28. The maximum atomic E-state index is 6.97. The lowest BCUT2D eigenvalue weighted by molar-refractivity contribution is 1.35. The van der Waals surface area contributed by atoms with Crippen molar-refractivity contribution in [2.24, 2.45) is 0 Å². The smallest absolute Gasteiger partial charge is 0.0356 e. The summed E-state index contributed by atoms with van der Waals surface area (Å²) in [5.41, 5.74) is 1.17.